The number of hydrogen-bond donors (Lipinski definition) is 0. The molecule has 0 saturated carbocycles. The molecule has 2 aromatic carbocycles. The van der Waals surface area contributed by atoms with Crippen LogP contribution in [0.5, 0.6) is 0 Å². The van der Waals surface area contributed by atoms with Gasteiger partial charge in [-0.3, -0.25) is 4.31 Å². The quantitative estimate of drug-likeness (QED) is 0.797. The van der Waals surface area contributed by atoms with Crippen LogP contribution in [-0.2, 0) is 10.0 Å². The Bertz CT molecular complexity index is 767. The van der Waals surface area contributed by atoms with Crippen LogP contribution in [0.3, 0.4) is 0 Å². The van der Waals surface area contributed by atoms with E-state index in [0.29, 0.717) is 12.2 Å². The highest BCUT2D eigenvalue weighted by molar-refractivity contribution is 7.93. The van der Waals surface area contributed by atoms with Crippen LogP contribution in [0.4, 0.5) is 10.1 Å². The van der Waals surface area contributed by atoms with Crippen molar-refractivity contribution in [3.8, 4) is 0 Å². The lowest BCUT2D eigenvalue weighted by Crippen LogP contribution is -2.37. The minimum atomic E-state index is -3.97. The molecule has 4 nitrogen and oxygen atoms in total. The van der Waals surface area contributed by atoms with Crippen molar-refractivity contribution in [1.29, 1.82) is 0 Å². The second-order valence-corrected chi connectivity index (χ2v) is 7.53. The van der Waals surface area contributed by atoms with E-state index in [1.807, 2.05) is 19.0 Å². The average molecular weight is 357 g/mol. The molecule has 0 N–H and O–H groups in total. The fourth-order valence-electron chi connectivity index (χ4n) is 2.07. The first-order valence-electron chi connectivity index (χ1n) is 7.00. The zero-order valence-corrected chi connectivity index (χ0v) is 14.5. The highest BCUT2D eigenvalue weighted by Gasteiger charge is 2.27. The maximum Gasteiger partial charge on any atom is 0.265 e. The molecule has 0 unspecified atom stereocenters. The third-order valence-electron chi connectivity index (χ3n) is 3.26. The van der Waals surface area contributed by atoms with E-state index in [2.05, 4.69) is 0 Å². The predicted octanol–water partition coefficient (Wildman–Crippen LogP) is 3.24. The molecular weight excluding hydrogens is 339 g/mol. The molecule has 0 aliphatic heterocycles. The number of para-hydroxylation sites is 1. The molecule has 0 amide bonds. The van der Waals surface area contributed by atoms with E-state index in [-0.39, 0.29) is 16.5 Å². The van der Waals surface area contributed by atoms with Crippen LogP contribution in [0.15, 0.2) is 53.4 Å². The molecule has 0 atom stereocenters. The number of likely N-dealkylation sites (N-methyl/N-ethyl adjacent to an activating group) is 1. The van der Waals surface area contributed by atoms with E-state index in [0.717, 1.165) is 12.1 Å². The van der Waals surface area contributed by atoms with Crippen molar-refractivity contribution in [2.24, 2.45) is 0 Å². The standard InChI is InChI=1S/C16H18ClFN2O2S/c1-19(2)10-11-20(14-6-4-3-5-7-14)23(21,22)16-12-13(18)8-9-15(16)17/h3-9,12H,10-11H2,1-2H3. The minimum Gasteiger partial charge on any atom is -0.308 e. The second-order valence-electron chi connectivity index (χ2n) is 5.29. The lowest BCUT2D eigenvalue weighted by molar-refractivity contribution is 0.419. The van der Waals surface area contributed by atoms with E-state index in [1.54, 1.807) is 30.3 Å². The van der Waals surface area contributed by atoms with Gasteiger partial charge in [0.25, 0.3) is 10.0 Å². The van der Waals surface area contributed by atoms with Crippen molar-refractivity contribution in [3.05, 3.63) is 59.4 Å². The Morgan fingerprint density at radius 1 is 1.04 bits per heavy atom. The lowest BCUT2D eigenvalue weighted by Gasteiger charge is -2.26. The van der Waals surface area contributed by atoms with Gasteiger partial charge in [0.2, 0.25) is 0 Å². The van der Waals surface area contributed by atoms with E-state index >= 15 is 0 Å². The van der Waals surface area contributed by atoms with Gasteiger partial charge >= 0.3 is 0 Å². The maximum absolute atomic E-state index is 13.5. The summed E-state index contributed by atoms with van der Waals surface area (Å²) in [5, 5.41) is -0.00261. The Kier molecular flexibility index (Phi) is 5.62. The van der Waals surface area contributed by atoms with Crippen molar-refractivity contribution < 1.29 is 12.8 Å². The molecule has 0 radical (unpaired) electrons. The molecular formula is C16H18ClFN2O2S. The molecule has 7 heteroatoms. The van der Waals surface area contributed by atoms with E-state index in [4.69, 9.17) is 11.6 Å². The van der Waals surface area contributed by atoms with Crippen LogP contribution in [0.2, 0.25) is 5.02 Å². The summed E-state index contributed by atoms with van der Waals surface area (Å²) in [4.78, 5) is 1.64. The fraction of sp³-hybridized carbons (Fsp3) is 0.250. The smallest absolute Gasteiger partial charge is 0.265 e. The Morgan fingerprint density at radius 2 is 1.70 bits per heavy atom. The summed E-state index contributed by atoms with van der Waals surface area (Å²) in [5.41, 5.74) is 0.509. The Balaban J connectivity index is 2.50. The summed E-state index contributed by atoms with van der Waals surface area (Å²) in [6.45, 7) is 0.743. The zero-order chi connectivity index (χ0) is 17.0. The summed E-state index contributed by atoms with van der Waals surface area (Å²) in [6.07, 6.45) is 0. The van der Waals surface area contributed by atoms with Gasteiger partial charge in [-0.25, -0.2) is 12.8 Å². The first-order valence-corrected chi connectivity index (χ1v) is 8.82. The Hall–Kier alpha value is -1.63. The van der Waals surface area contributed by atoms with Gasteiger partial charge in [-0.1, -0.05) is 29.8 Å². The van der Waals surface area contributed by atoms with E-state index < -0.39 is 15.8 Å². The topological polar surface area (TPSA) is 40.6 Å². The Labute approximate surface area is 141 Å². The molecule has 0 aromatic heterocycles. The minimum absolute atomic E-state index is 0.00261. The molecule has 2 rings (SSSR count). The predicted molar refractivity (Wildman–Crippen MR) is 90.9 cm³/mol. The molecule has 0 spiro atoms. The summed E-state index contributed by atoms with van der Waals surface area (Å²) in [7, 11) is -0.264. The molecule has 124 valence electrons. The first-order chi connectivity index (χ1) is 10.8. The highest BCUT2D eigenvalue weighted by Crippen LogP contribution is 2.28. The highest BCUT2D eigenvalue weighted by atomic mass is 35.5. The average Bonchev–Trinajstić information content (AvgIpc) is 2.50. The lowest BCUT2D eigenvalue weighted by atomic mass is 10.3. The molecule has 23 heavy (non-hydrogen) atoms. The fourth-order valence-corrected chi connectivity index (χ4v) is 4.01. The zero-order valence-electron chi connectivity index (χ0n) is 12.9. The number of anilines is 1. The number of hydrogen-bond acceptors (Lipinski definition) is 3. The Morgan fingerprint density at radius 3 is 2.30 bits per heavy atom. The van der Waals surface area contributed by atoms with Gasteiger partial charge in [-0.05, 0) is 44.4 Å². The van der Waals surface area contributed by atoms with Gasteiger partial charge in [-0.2, -0.15) is 0 Å². The molecule has 0 saturated heterocycles. The first kappa shape index (κ1) is 17.7. The van der Waals surface area contributed by atoms with Crippen LogP contribution in [-0.4, -0.2) is 40.5 Å². The van der Waals surface area contributed by atoms with Crippen LogP contribution >= 0.6 is 11.6 Å². The largest absolute Gasteiger partial charge is 0.308 e. The van der Waals surface area contributed by atoms with Gasteiger partial charge in [0.1, 0.15) is 10.7 Å². The summed E-state index contributed by atoms with van der Waals surface area (Å²) >= 11 is 5.99. The number of nitrogens with zero attached hydrogens (tertiary/aromatic N) is 2. The van der Waals surface area contributed by atoms with Gasteiger partial charge in [0.05, 0.1) is 10.7 Å². The maximum atomic E-state index is 13.5. The summed E-state index contributed by atoms with van der Waals surface area (Å²) < 4.78 is 40.7. The van der Waals surface area contributed by atoms with Crippen LogP contribution < -0.4 is 4.31 Å². The van der Waals surface area contributed by atoms with Crippen molar-refractivity contribution in [1.82, 2.24) is 4.90 Å². The molecule has 0 fully saturated rings. The molecule has 0 aliphatic carbocycles. The molecule has 2 aromatic rings. The molecule has 0 aliphatic rings. The van der Waals surface area contributed by atoms with Crippen LogP contribution in [0.25, 0.3) is 0 Å². The van der Waals surface area contributed by atoms with Crippen molar-refractivity contribution in [2.45, 2.75) is 4.90 Å². The van der Waals surface area contributed by atoms with Crippen molar-refractivity contribution in [2.75, 3.05) is 31.5 Å². The SMILES string of the molecule is CN(C)CCN(c1ccccc1)S(=O)(=O)c1cc(F)ccc1Cl. The van der Waals surface area contributed by atoms with E-state index in [1.165, 1.54) is 10.4 Å². The number of sulfonamides is 1. The summed E-state index contributed by atoms with van der Waals surface area (Å²) in [6, 6.07) is 12.0. The number of rotatable bonds is 6. The monoisotopic (exact) mass is 356 g/mol. The molecule has 0 bridgehead atoms. The van der Waals surface area contributed by atoms with Gasteiger partial charge in [0.15, 0.2) is 0 Å². The van der Waals surface area contributed by atoms with Crippen molar-refractivity contribution >= 4 is 27.3 Å². The van der Waals surface area contributed by atoms with Crippen molar-refractivity contribution in [3.63, 3.8) is 0 Å². The third kappa shape index (κ3) is 4.22. The van der Waals surface area contributed by atoms with Gasteiger partial charge in [-0.15, -0.1) is 0 Å². The number of halogens is 2. The third-order valence-corrected chi connectivity index (χ3v) is 5.56. The second kappa shape index (κ2) is 7.29. The van der Waals surface area contributed by atoms with Gasteiger partial charge in [0, 0.05) is 13.1 Å². The van der Waals surface area contributed by atoms with Crippen LogP contribution in [0, 0.1) is 5.82 Å². The molecule has 0 heterocycles. The van der Waals surface area contributed by atoms with E-state index in [9.17, 15) is 12.8 Å². The van der Waals surface area contributed by atoms with Gasteiger partial charge < -0.3 is 4.90 Å². The number of benzene rings is 2. The summed E-state index contributed by atoms with van der Waals surface area (Å²) in [5.74, 6) is -0.645. The van der Waals surface area contributed by atoms with Crippen LogP contribution in [0.1, 0.15) is 0 Å². The normalized spacial score (nSPS) is 11.7.